The fourth-order valence-corrected chi connectivity index (χ4v) is 4.73. The second-order valence-corrected chi connectivity index (χ2v) is 8.50. The van der Waals surface area contributed by atoms with Crippen molar-refractivity contribution < 1.29 is 14.5 Å². The summed E-state index contributed by atoms with van der Waals surface area (Å²) in [6.45, 7) is 4.00. The molecular weight excluding hydrogens is 472 g/mol. The summed E-state index contributed by atoms with van der Waals surface area (Å²) in [5, 5.41) is 17.8. The molecule has 34 heavy (non-hydrogen) atoms. The molecule has 2 aromatic carbocycles. The van der Waals surface area contributed by atoms with E-state index in [9.17, 15) is 14.9 Å². The first-order valence-electron chi connectivity index (χ1n) is 10.6. The molecule has 0 aliphatic carbocycles. The number of hydrogen-bond donors (Lipinski definition) is 1. The first kappa shape index (κ1) is 25.0. The van der Waals surface area contributed by atoms with Crippen LogP contribution in [0.2, 0.25) is 0 Å². The van der Waals surface area contributed by atoms with E-state index in [0.717, 1.165) is 21.8 Å². The quantitative estimate of drug-likeness (QED) is 0.171. The number of thiazole rings is 2. The van der Waals surface area contributed by atoms with Crippen LogP contribution in [0.4, 0.5) is 10.7 Å². The highest BCUT2D eigenvalue weighted by Crippen LogP contribution is 2.32. The van der Waals surface area contributed by atoms with Crippen LogP contribution < -0.4 is 5.32 Å². The predicted octanol–water partition coefficient (Wildman–Crippen LogP) is 6.38. The van der Waals surface area contributed by atoms with Gasteiger partial charge in [-0.3, -0.25) is 10.1 Å². The average Bonchev–Trinajstić information content (AvgIpc) is 3.55. The number of esters is 1. The van der Waals surface area contributed by atoms with Crippen molar-refractivity contribution in [1.29, 1.82) is 0 Å². The molecule has 10 heteroatoms. The predicted molar refractivity (Wildman–Crippen MR) is 136 cm³/mol. The Kier molecular flexibility index (Phi) is 8.83. The van der Waals surface area contributed by atoms with Gasteiger partial charge in [0.05, 0.1) is 29.3 Å². The molecule has 2 heterocycles. The number of carbonyl (C=O) groups excluding carboxylic acids is 1. The highest BCUT2D eigenvalue weighted by molar-refractivity contribution is 7.14. The van der Waals surface area contributed by atoms with E-state index < -0.39 is 10.9 Å². The minimum atomic E-state index is -0.522. The Morgan fingerprint density at radius 3 is 2.47 bits per heavy atom. The molecule has 0 radical (unpaired) electrons. The molecule has 0 amide bonds. The lowest BCUT2D eigenvalue weighted by Gasteiger charge is -2.18. The molecule has 1 atom stereocenters. The molecule has 2 aromatic heterocycles. The van der Waals surface area contributed by atoms with Gasteiger partial charge in [0.25, 0.3) is 5.69 Å². The number of hydrogen-bond acceptors (Lipinski definition) is 9. The summed E-state index contributed by atoms with van der Waals surface area (Å²) >= 11 is 2.83. The molecule has 0 bridgehead atoms. The second kappa shape index (κ2) is 12.0. The highest BCUT2D eigenvalue weighted by atomic mass is 32.1. The fraction of sp³-hybridized carbons (Fsp3) is 0.208. The van der Waals surface area contributed by atoms with Gasteiger partial charge in [-0.05, 0) is 12.0 Å². The Morgan fingerprint density at radius 2 is 1.82 bits per heavy atom. The van der Waals surface area contributed by atoms with Gasteiger partial charge in [-0.2, -0.15) is 0 Å². The van der Waals surface area contributed by atoms with E-state index in [-0.39, 0.29) is 17.4 Å². The number of aromatic nitrogens is 2. The number of methoxy groups -OCH3 is 1. The Morgan fingerprint density at radius 1 is 1.12 bits per heavy atom. The molecule has 8 nitrogen and oxygen atoms in total. The molecular formula is C24H24N4O4S2. The maximum Gasteiger partial charge on any atom is 0.359 e. The number of rotatable bonds is 8. The zero-order chi connectivity index (χ0) is 24.5. The minimum absolute atomic E-state index is 0.0358. The first-order valence-corrected chi connectivity index (χ1v) is 12.3. The van der Waals surface area contributed by atoms with E-state index in [2.05, 4.69) is 10.3 Å². The van der Waals surface area contributed by atoms with Gasteiger partial charge in [-0.25, -0.2) is 14.8 Å². The van der Waals surface area contributed by atoms with E-state index in [4.69, 9.17) is 9.72 Å². The van der Waals surface area contributed by atoms with Crippen molar-refractivity contribution in [2.45, 2.75) is 26.3 Å². The molecule has 0 fully saturated rings. The van der Waals surface area contributed by atoms with Crippen LogP contribution in [0.1, 0.15) is 41.6 Å². The van der Waals surface area contributed by atoms with Crippen LogP contribution in [0.25, 0.3) is 10.6 Å². The molecule has 0 unspecified atom stereocenters. The van der Waals surface area contributed by atoms with E-state index in [1.54, 1.807) is 17.6 Å². The second-order valence-electron chi connectivity index (χ2n) is 6.79. The van der Waals surface area contributed by atoms with Crippen molar-refractivity contribution in [3.8, 4) is 10.6 Å². The van der Waals surface area contributed by atoms with Gasteiger partial charge in [-0.15, -0.1) is 22.7 Å². The lowest BCUT2D eigenvalue weighted by molar-refractivity contribution is -0.384. The SMILES string of the molecule is CC.COC(=O)c1ncsc1N[C@@H](Cc1ccc([N+](=O)[O-])cc1)c1csc(-c2ccccc2)n1. The molecule has 1 N–H and O–H groups in total. The van der Waals surface area contributed by atoms with Crippen LogP contribution in [-0.2, 0) is 11.2 Å². The topological polar surface area (TPSA) is 107 Å². The van der Waals surface area contributed by atoms with Crippen molar-refractivity contribution >= 4 is 39.3 Å². The van der Waals surface area contributed by atoms with Crippen LogP contribution in [0.5, 0.6) is 0 Å². The molecule has 0 saturated heterocycles. The van der Waals surface area contributed by atoms with E-state index >= 15 is 0 Å². The summed E-state index contributed by atoms with van der Waals surface area (Å²) in [5.74, 6) is -0.522. The van der Waals surface area contributed by atoms with Gasteiger partial charge in [0, 0.05) is 23.1 Å². The van der Waals surface area contributed by atoms with Gasteiger partial charge < -0.3 is 10.1 Å². The van der Waals surface area contributed by atoms with Crippen LogP contribution in [0, 0.1) is 10.1 Å². The molecule has 0 aliphatic rings. The summed E-state index contributed by atoms with van der Waals surface area (Å²) in [4.78, 5) is 31.5. The third kappa shape index (κ3) is 6.03. The lowest BCUT2D eigenvalue weighted by atomic mass is 10.0. The number of nitro groups is 1. The maximum atomic E-state index is 12.1. The number of carbonyl (C=O) groups is 1. The summed E-state index contributed by atoms with van der Waals surface area (Å²) in [7, 11) is 1.31. The monoisotopic (exact) mass is 496 g/mol. The average molecular weight is 497 g/mol. The summed E-state index contributed by atoms with van der Waals surface area (Å²) < 4.78 is 4.83. The Hall–Kier alpha value is -3.63. The highest BCUT2D eigenvalue weighted by Gasteiger charge is 2.22. The number of nitrogens with one attached hydrogen (secondary N) is 1. The molecule has 0 spiro atoms. The lowest BCUT2D eigenvalue weighted by Crippen LogP contribution is -2.16. The van der Waals surface area contributed by atoms with Crippen molar-refractivity contribution in [3.63, 3.8) is 0 Å². The number of ether oxygens (including phenoxy) is 1. The summed E-state index contributed by atoms with van der Waals surface area (Å²) in [6.07, 6.45) is 0.508. The molecule has 0 saturated carbocycles. The van der Waals surface area contributed by atoms with E-state index in [0.29, 0.717) is 11.4 Å². The zero-order valence-corrected chi connectivity index (χ0v) is 20.6. The van der Waals surface area contributed by atoms with Crippen LogP contribution >= 0.6 is 22.7 Å². The van der Waals surface area contributed by atoms with Gasteiger partial charge in [0.2, 0.25) is 0 Å². The molecule has 0 aliphatic heterocycles. The largest absolute Gasteiger partial charge is 0.464 e. The Balaban J connectivity index is 0.00000158. The van der Waals surface area contributed by atoms with Crippen molar-refractivity contribution in [2.24, 2.45) is 0 Å². The smallest absolute Gasteiger partial charge is 0.359 e. The minimum Gasteiger partial charge on any atom is -0.464 e. The van der Waals surface area contributed by atoms with Gasteiger partial charge >= 0.3 is 5.97 Å². The Labute approximate surface area is 205 Å². The van der Waals surface area contributed by atoms with Gasteiger partial charge in [-0.1, -0.05) is 56.3 Å². The number of nitro benzene ring substituents is 1. The first-order chi connectivity index (χ1) is 16.5. The van der Waals surface area contributed by atoms with Crippen LogP contribution in [-0.4, -0.2) is 28.0 Å². The van der Waals surface area contributed by atoms with Crippen LogP contribution in [0.3, 0.4) is 0 Å². The number of anilines is 1. The molecule has 4 aromatic rings. The third-order valence-electron chi connectivity index (χ3n) is 4.74. The van der Waals surface area contributed by atoms with Crippen LogP contribution in [0.15, 0.2) is 65.5 Å². The van der Waals surface area contributed by atoms with E-state index in [1.165, 1.54) is 41.9 Å². The number of benzene rings is 2. The molecule has 176 valence electrons. The number of nitrogens with zero attached hydrogens (tertiary/aromatic N) is 3. The Bertz CT molecular complexity index is 1220. The van der Waals surface area contributed by atoms with Crippen molar-refractivity contribution in [1.82, 2.24) is 9.97 Å². The van der Waals surface area contributed by atoms with Crippen molar-refractivity contribution in [3.05, 3.63) is 92.6 Å². The maximum absolute atomic E-state index is 12.1. The number of non-ortho nitro benzene ring substituents is 1. The third-order valence-corrected chi connectivity index (χ3v) is 6.41. The summed E-state index contributed by atoms with van der Waals surface area (Å²) in [6, 6.07) is 16.0. The van der Waals surface area contributed by atoms with Crippen molar-refractivity contribution in [2.75, 3.05) is 12.4 Å². The fourth-order valence-electron chi connectivity index (χ4n) is 3.13. The van der Waals surface area contributed by atoms with Gasteiger partial charge in [0.1, 0.15) is 10.0 Å². The van der Waals surface area contributed by atoms with E-state index in [1.807, 2.05) is 49.6 Å². The molecule has 4 rings (SSSR count). The normalized spacial score (nSPS) is 11.1. The zero-order valence-electron chi connectivity index (χ0n) is 18.9. The summed E-state index contributed by atoms with van der Waals surface area (Å²) in [5.41, 5.74) is 4.54. The standard InChI is InChI=1S/C22H18N4O4S2.C2H6/c1-30-22(27)19-21(32-13-23-19)24-17(11-14-7-9-16(10-8-14)26(28)29)18-12-31-20(25-18)15-5-3-2-4-6-15;1-2/h2-10,12-13,17,24H,11H2,1H3;1-2H3/t17-;/m0./s1. The van der Waals surface area contributed by atoms with Gasteiger partial charge in [0.15, 0.2) is 5.69 Å².